The van der Waals surface area contributed by atoms with Gasteiger partial charge in [-0.2, -0.15) is 0 Å². The number of hydrogen-bond donors (Lipinski definition) is 1. The maximum Gasteiger partial charge on any atom is 0.328 e. The molecule has 2 aromatic carbocycles. The topological polar surface area (TPSA) is 96.0 Å². The van der Waals surface area contributed by atoms with Gasteiger partial charge in [-0.15, -0.1) is 10.2 Å². The van der Waals surface area contributed by atoms with Crippen molar-refractivity contribution in [3.05, 3.63) is 63.8 Å². The van der Waals surface area contributed by atoms with Crippen LogP contribution in [0.25, 0.3) is 11.0 Å². The van der Waals surface area contributed by atoms with Gasteiger partial charge in [0.2, 0.25) is 5.91 Å². The molecule has 0 bridgehead atoms. The first-order valence-electron chi connectivity index (χ1n) is 9.68. The molecule has 2 heterocycles. The SMILES string of the molecule is Cn1c(COc2ccc(Cl)cc2)nnc1SCC(=O)Nc1ccc2c(c1)n(C)c(=O)n2C. The van der Waals surface area contributed by atoms with Crippen LogP contribution < -0.4 is 15.7 Å². The molecule has 0 unspecified atom stereocenters. The smallest absolute Gasteiger partial charge is 0.328 e. The molecule has 32 heavy (non-hydrogen) atoms. The lowest BCUT2D eigenvalue weighted by Crippen LogP contribution is -2.19. The van der Waals surface area contributed by atoms with Crippen LogP contribution in [0.1, 0.15) is 5.82 Å². The molecule has 0 saturated heterocycles. The molecule has 0 aliphatic heterocycles. The fourth-order valence-electron chi connectivity index (χ4n) is 3.19. The Morgan fingerprint density at radius 1 is 1.03 bits per heavy atom. The van der Waals surface area contributed by atoms with Gasteiger partial charge in [0, 0.05) is 31.9 Å². The summed E-state index contributed by atoms with van der Waals surface area (Å²) < 4.78 is 10.6. The van der Waals surface area contributed by atoms with Crippen molar-refractivity contribution in [3.8, 4) is 5.75 Å². The van der Waals surface area contributed by atoms with Gasteiger partial charge in [-0.3, -0.25) is 13.9 Å². The fraction of sp³-hybridized carbons (Fsp3) is 0.238. The first-order valence-corrected chi connectivity index (χ1v) is 11.0. The Bertz CT molecular complexity index is 1340. The number of benzene rings is 2. The number of aromatic nitrogens is 5. The van der Waals surface area contributed by atoms with Gasteiger partial charge in [0.1, 0.15) is 12.4 Å². The predicted molar refractivity (Wildman–Crippen MR) is 124 cm³/mol. The van der Waals surface area contributed by atoms with E-state index in [9.17, 15) is 9.59 Å². The average Bonchev–Trinajstić information content (AvgIpc) is 3.24. The number of hydrogen-bond acceptors (Lipinski definition) is 6. The van der Waals surface area contributed by atoms with Crippen LogP contribution in [0.4, 0.5) is 5.69 Å². The summed E-state index contributed by atoms with van der Waals surface area (Å²) in [7, 11) is 5.24. The van der Waals surface area contributed by atoms with Crippen LogP contribution in [0.15, 0.2) is 52.4 Å². The summed E-state index contributed by atoms with van der Waals surface area (Å²) in [5.41, 5.74) is 2.07. The maximum absolute atomic E-state index is 12.4. The Labute approximate surface area is 193 Å². The van der Waals surface area contributed by atoms with Crippen molar-refractivity contribution in [3.63, 3.8) is 0 Å². The van der Waals surface area contributed by atoms with Crippen molar-refractivity contribution in [2.75, 3.05) is 11.1 Å². The molecule has 0 radical (unpaired) electrons. The average molecular weight is 473 g/mol. The summed E-state index contributed by atoms with van der Waals surface area (Å²) in [5.74, 6) is 1.30. The van der Waals surface area contributed by atoms with E-state index in [4.69, 9.17) is 16.3 Å². The van der Waals surface area contributed by atoms with E-state index in [1.54, 1.807) is 64.2 Å². The number of nitrogens with zero attached hydrogens (tertiary/aromatic N) is 5. The minimum absolute atomic E-state index is 0.114. The van der Waals surface area contributed by atoms with Gasteiger partial charge in [-0.1, -0.05) is 23.4 Å². The number of nitrogens with one attached hydrogen (secondary N) is 1. The van der Waals surface area contributed by atoms with Crippen molar-refractivity contribution >= 4 is 46.0 Å². The number of ether oxygens (including phenoxy) is 1. The molecule has 4 rings (SSSR count). The summed E-state index contributed by atoms with van der Waals surface area (Å²) in [6.07, 6.45) is 0. The number of halogens is 1. The van der Waals surface area contributed by atoms with Gasteiger partial charge < -0.3 is 14.6 Å². The molecular formula is C21H21ClN6O3S. The number of carbonyl (C=O) groups is 1. The van der Waals surface area contributed by atoms with E-state index in [2.05, 4.69) is 15.5 Å². The zero-order chi connectivity index (χ0) is 22.8. The first kappa shape index (κ1) is 22.0. The van der Waals surface area contributed by atoms with Crippen LogP contribution in [0.5, 0.6) is 5.75 Å². The van der Waals surface area contributed by atoms with E-state index in [0.717, 1.165) is 11.0 Å². The van der Waals surface area contributed by atoms with Gasteiger partial charge >= 0.3 is 5.69 Å². The van der Waals surface area contributed by atoms with Crippen LogP contribution in [0.2, 0.25) is 5.02 Å². The van der Waals surface area contributed by atoms with Crippen molar-refractivity contribution in [1.29, 1.82) is 0 Å². The standard InChI is InChI=1S/C21H21ClN6O3S/c1-26-16-9-6-14(10-17(16)27(2)21(26)30)23-19(29)12-32-20-25-24-18(28(20)3)11-31-15-7-4-13(22)5-8-15/h4-10H,11-12H2,1-3H3,(H,23,29). The third-order valence-corrected chi connectivity index (χ3v) is 6.27. The zero-order valence-electron chi connectivity index (χ0n) is 17.7. The number of imidazole rings is 1. The number of fused-ring (bicyclic) bond motifs is 1. The molecule has 4 aromatic rings. The third kappa shape index (κ3) is 4.51. The number of carbonyl (C=O) groups excluding carboxylic acids is 1. The lowest BCUT2D eigenvalue weighted by molar-refractivity contribution is -0.113. The lowest BCUT2D eigenvalue weighted by Gasteiger charge is -2.07. The second kappa shape index (κ2) is 9.09. The molecule has 1 N–H and O–H groups in total. The van der Waals surface area contributed by atoms with E-state index in [1.807, 2.05) is 13.1 Å². The summed E-state index contributed by atoms with van der Waals surface area (Å²) in [6.45, 7) is 0.244. The molecule has 0 fully saturated rings. The van der Waals surface area contributed by atoms with Crippen LogP contribution >= 0.6 is 23.4 Å². The second-order valence-corrected chi connectivity index (χ2v) is 8.52. The van der Waals surface area contributed by atoms with E-state index in [1.165, 1.54) is 11.8 Å². The number of rotatable bonds is 7. The molecule has 166 valence electrons. The molecule has 0 aliphatic rings. The third-order valence-electron chi connectivity index (χ3n) is 4.99. The van der Waals surface area contributed by atoms with Crippen molar-refractivity contribution in [2.45, 2.75) is 11.8 Å². The Kier molecular flexibility index (Phi) is 6.24. The molecule has 0 atom stereocenters. The monoisotopic (exact) mass is 472 g/mol. The van der Waals surface area contributed by atoms with Crippen LogP contribution in [-0.4, -0.2) is 35.6 Å². The van der Waals surface area contributed by atoms with E-state index < -0.39 is 0 Å². The molecule has 11 heteroatoms. The largest absolute Gasteiger partial charge is 0.486 e. The molecule has 2 aromatic heterocycles. The van der Waals surface area contributed by atoms with E-state index >= 15 is 0 Å². The minimum atomic E-state index is -0.183. The Morgan fingerprint density at radius 3 is 2.50 bits per heavy atom. The van der Waals surface area contributed by atoms with Gasteiger partial charge in [0.15, 0.2) is 11.0 Å². The van der Waals surface area contributed by atoms with Crippen molar-refractivity contribution < 1.29 is 9.53 Å². The second-order valence-electron chi connectivity index (χ2n) is 7.14. The quantitative estimate of drug-likeness (QED) is 0.415. The molecule has 0 spiro atoms. The van der Waals surface area contributed by atoms with Gasteiger partial charge in [0.25, 0.3) is 0 Å². The summed E-state index contributed by atoms with van der Waals surface area (Å²) in [6, 6.07) is 12.4. The highest BCUT2D eigenvalue weighted by Gasteiger charge is 2.13. The van der Waals surface area contributed by atoms with Crippen LogP contribution in [0, 0.1) is 0 Å². The van der Waals surface area contributed by atoms with E-state index in [0.29, 0.717) is 27.4 Å². The molecule has 9 nitrogen and oxygen atoms in total. The minimum Gasteiger partial charge on any atom is -0.486 e. The maximum atomic E-state index is 12.4. The number of anilines is 1. The Morgan fingerprint density at radius 2 is 1.75 bits per heavy atom. The molecule has 0 aliphatic carbocycles. The lowest BCUT2D eigenvalue weighted by atomic mass is 10.2. The van der Waals surface area contributed by atoms with Gasteiger partial charge in [-0.25, -0.2) is 4.79 Å². The molecule has 0 saturated carbocycles. The summed E-state index contributed by atoms with van der Waals surface area (Å²) in [4.78, 5) is 24.5. The molecule has 1 amide bonds. The molecular weight excluding hydrogens is 452 g/mol. The zero-order valence-corrected chi connectivity index (χ0v) is 19.3. The predicted octanol–water partition coefficient (Wildman–Crippen LogP) is 2.97. The summed E-state index contributed by atoms with van der Waals surface area (Å²) in [5, 5.41) is 12.4. The Hall–Kier alpha value is -3.24. The first-order chi connectivity index (χ1) is 15.3. The van der Waals surface area contributed by atoms with Crippen molar-refractivity contribution in [2.24, 2.45) is 21.1 Å². The number of amides is 1. The van der Waals surface area contributed by atoms with E-state index in [-0.39, 0.29) is 24.0 Å². The number of aryl methyl sites for hydroxylation is 2. The van der Waals surface area contributed by atoms with Gasteiger partial charge in [-0.05, 0) is 42.5 Å². The van der Waals surface area contributed by atoms with Crippen LogP contribution in [0.3, 0.4) is 0 Å². The van der Waals surface area contributed by atoms with Crippen LogP contribution in [-0.2, 0) is 32.5 Å². The highest BCUT2D eigenvalue weighted by Crippen LogP contribution is 2.21. The summed E-state index contributed by atoms with van der Waals surface area (Å²) >= 11 is 7.15. The highest BCUT2D eigenvalue weighted by atomic mass is 35.5. The Balaban J connectivity index is 1.35. The fourth-order valence-corrected chi connectivity index (χ4v) is 4.04. The number of thioether (sulfide) groups is 1. The normalized spacial score (nSPS) is 11.1. The van der Waals surface area contributed by atoms with Gasteiger partial charge in [0.05, 0.1) is 16.8 Å². The highest BCUT2D eigenvalue weighted by molar-refractivity contribution is 7.99. The van der Waals surface area contributed by atoms with Crippen molar-refractivity contribution in [1.82, 2.24) is 23.9 Å².